The lowest BCUT2D eigenvalue weighted by Gasteiger charge is -2.16. The van der Waals surface area contributed by atoms with Crippen molar-refractivity contribution in [3.8, 4) is 11.1 Å². The van der Waals surface area contributed by atoms with E-state index in [2.05, 4.69) is 5.32 Å². The summed E-state index contributed by atoms with van der Waals surface area (Å²) in [6, 6.07) is 18.0. The quantitative estimate of drug-likeness (QED) is 0.300. The van der Waals surface area contributed by atoms with Crippen LogP contribution in [0.2, 0.25) is 0 Å². The van der Waals surface area contributed by atoms with Gasteiger partial charge in [-0.3, -0.25) is 14.8 Å². The van der Waals surface area contributed by atoms with Crippen LogP contribution in [0.25, 0.3) is 17.2 Å². The first-order valence-electron chi connectivity index (χ1n) is 9.09. The number of benzene rings is 3. The minimum atomic E-state index is -4.62. The highest BCUT2D eigenvalue weighted by atomic mass is 19.4. The maximum atomic E-state index is 13.7. The van der Waals surface area contributed by atoms with E-state index in [0.29, 0.717) is 11.1 Å². The average molecular weight is 426 g/mol. The van der Waals surface area contributed by atoms with Crippen molar-refractivity contribution < 1.29 is 28.0 Å². The maximum absolute atomic E-state index is 13.7. The molecular weight excluding hydrogens is 409 g/mol. The zero-order valence-corrected chi connectivity index (χ0v) is 16.0. The van der Waals surface area contributed by atoms with Crippen molar-refractivity contribution in [2.45, 2.75) is 6.18 Å². The number of hydrogen-bond acceptors (Lipinski definition) is 3. The van der Waals surface area contributed by atoms with Crippen molar-refractivity contribution in [3.63, 3.8) is 0 Å². The second kappa shape index (κ2) is 9.27. The van der Waals surface area contributed by atoms with Crippen LogP contribution < -0.4 is 10.8 Å². The van der Waals surface area contributed by atoms with Gasteiger partial charge < -0.3 is 5.32 Å². The molecule has 3 aromatic carbocycles. The van der Waals surface area contributed by atoms with Gasteiger partial charge in [-0.1, -0.05) is 54.6 Å². The third-order valence-electron chi connectivity index (χ3n) is 4.40. The summed E-state index contributed by atoms with van der Waals surface area (Å²) in [6.07, 6.45) is -2.30. The number of anilines is 1. The lowest BCUT2D eigenvalue weighted by Crippen LogP contribution is -2.16. The molecule has 0 atom stereocenters. The summed E-state index contributed by atoms with van der Waals surface area (Å²) >= 11 is 0. The van der Waals surface area contributed by atoms with E-state index >= 15 is 0 Å². The number of amides is 2. The molecule has 0 aliphatic heterocycles. The van der Waals surface area contributed by atoms with Crippen LogP contribution in [0.1, 0.15) is 21.5 Å². The van der Waals surface area contributed by atoms with Gasteiger partial charge in [-0.25, -0.2) is 5.48 Å². The number of halogens is 3. The highest BCUT2D eigenvalue weighted by Gasteiger charge is 2.34. The predicted molar refractivity (Wildman–Crippen MR) is 110 cm³/mol. The largest absolute Gasteiger partial charge is 0.417 e. The van der Waals surface area contributed by atoms with Gasteiger partial charge in [0.2, 0.25) is 0 Å². The van der Waals surface area contributed by atoms with Crippen LogP contribution in [0.4, 0.5) is 18.9 Å². The molecule has 2 amide bonds. The number of alkyl halides is 3. The minimum Gasteiger partial charge on any atom is -0.322 e. The summed E-state index contributed by atoms with van der Waals surface area (Å²) in [4.78, 5) is 23.9. The standard InChI is InChI=1S/C23H17F3N2O3/c24-23(25,26)20-14-17(11-12-18(20)15-6-2-1-3-7-15)27-22(30)19-9-5-4-8-16(19)10-13-21(29)28-31/h1-14,31H,(H,27,30)(H,28,29)/b13-10+. The maximum Gasteiger partial charge on any atom is 0.417 e. The molecule has 0 saturated carbocycles. The molecule has 0 fully saturated rings. The van der Waals surface area contributed by atoms with E-state index in [-0.39, 0.29) is 16.8 Å². The third kappa shape index (κ3) is 5.37. The first-order chi connectivity index (χ1) is 14.8. The smallest absolute Gasteiger partial charge is 0.322 e. The zero-order chi connectivity index (χ0) is 22.4. The molecule has 0 radical (unpaired) electrons. The molecule has 3 N–H and O–H groups in total. The molecule has 8 heteroatoms. The van der Waals surface area contributed by atoms with Gasteiger partial charge in [-0.2, -0.15) is 13.2 Å². The second-order valence-corrected chi connectivity index (χ2v) is 6.47. The molecule has 0 saturated heterocycles. The van der Waals surface area contributed by atoms with Crippen molar-refractivity contribution in [1.29, 1.82) is 0 Å². The van der Waals surface area contributed by atoms with Crippen LogP contribution in [0.3, 0.4) is 0 Å². The van der Waals surface area contributed by atoms with Gasteiger partial charge in [-0.05, 0) is 41.0 Å². The lowest BCUT2D eigenvalue weighted by atomic mass is 9.98. The zero-order valence-electron chi connectivity index (χ0n) is 16.0. The monoisotopic (exact) mass is 426 g/mol. The fourth-order valence-electron chi connectivity index (χ4n) is 2.98. The Bertz CT molecular complexity index is 1130. The van der Waals surface area contributed by atoms with Gasteiger partial charge in [0.1, 0.15) is 0 Å². The summed E-state index contributed by atoms with van der Waals surface area (Å²) < 4.78 is 41.0. The first-order valence-corrected chi connectivity index (χ1v) is 9.09. The number of carbonyl (C=O) groups excluding carboxylic acids is 2. The Labute approximate surface area is 175 Å². The Hall–Kier alpha value is -3.91. The number of hydroxylamine groups is 1. The van der Waals surface area contributed by atoms with Crippen LogP contribution in [0, 0.1) is 0 Å². The molecule has 0 unspecified atom stereocenters. The molecular formula is C23H17F3N2O3. The van der Waals surface area contributed by atoms with Gasteiger partial charge in [-0.15, -0.1) is 0 Å². The molecule has 0 spiro atoms. The van der Waals surface area contributed by atoms with Crippen molar-refractivity contribution in [3.05, 3.63) is 95.6 Å². The fourth-order valence-corrected chi connectivity index (χ4v) is 2.98. The van der Waals surface area contributed by atoms with Crippen LogP contribution >= 0.6 is 0 Å². The highest BCUT2D eigenvalue weighted by molar-refractivity contribution is 6.07. The first kappa shape index (κ1) is 21.8. The molecule has 0 bridgehead atoms. The molecule has 5 nitrogen and oxygen atoms in total. The van der Waals surface area contributed by atoms with E-state index in [1.54, 1.807) is 48.5 Å². The van der Waals surface area contributed by atoms with Crippen molar-refractivity contribution >= 4 is 23.6 Å². The average Bonchev–Trinajstić information content (AvgIpc) is 2.77. The van der Waals surface area contributed by atoms with Crippen LogP contribution in [0.15, 0.2) is 78.9 Å². The van der Waals surface area contributed by atoms with E-state index in [4.69, 9.17) is 5.21 Å². The number of carbonyl (C=O) groups is 2. The van der Waals surface area contributed by atoms with Crippen molar-refractivity contribution in [2.24, 2.45) is 0 Å². The van der Waals surface area contributed by atoms with Crippen molar-refractivity contribution in [1.82, 2.24) is 5.48 Å². The van der Waals surface area contributed by atoms with Gasteiger partial charge in [0.25, 0.3) is 11.8 Å². The van der Waals surface area contributed by atoms with E-state index in [0.717, 1.165) is 12.1 Å². The van der Waals surface area contributed by atoms with Gasteiger partial charge in [0, 0.05) is 17.3 Å². The van der Waals surface area contributed by atoms with E-state index in [1.807, 2.05) is 0 Å². The Morgan fingerprint density at radius 3 is 2.26 bits per heavy atom. The number of rotatable bonds is 5. The summed E-state index contributed by atoms with van der Waals surface area (Å²) in [5.74, 6) is -1.44. The number of nitrogens with one attached hydrogen (secondary N) is 2. The molecule has 3 aromatic rings. The lowest BCUT2D eigenvalue weighted by molar-refractivity contribution is -0.137. The third-order valence-corrected chi connectivity index (χ3v) is 4.40. The van der Waals surface area contributed by atoms with Crippen molar-refractivity contribution in [2.75, 3.05) is 5.32 Å². The summed E-state index contributed by atoms with van der Waals surface area (Å²) in [7, 11) is 0. The molecule has 31 heavy (non-hydrogen) atoms. The molecule has 158 valence electrons. The van der Waals surface area contributed by atoms with E-state index in [9.17, 15) is 22.8 Å². The SMILES string of the molecule is O=C(/C=C/c1ccccc1C(=O)Nc1ccc(-c2ccccc2)c(C(F)(F)F)c1)NO. The van der Waals surface area contributed by atoms with Crippen LogP contribution in [-0.4, -0.2) is 17.0 Å². The second-order valence-electron chi connectivity index (χ2n) is 6.47. The Kier molecular flexibility index (Phi) is 6.52. The van der Waals surface area contributed by atoms with E-state index < -0.39 is 23.6 Å². The van der Waals surface area contributed by atoms with E-state index in [1.165, 1.54) is 29.8 Å². The van der Waals surface area contributed by atoms with Crippen LogP contribution in [0.5, 0.6) is 0 Å². The van der Waals surface area contributed by atoms with Gasteiger partial charge >= 0.3 is 6.18 Å². The summed E-state index contributed by atoms with van der Waals surface area (Å²) in [5, 5.41) is 11.0. The Morgan fingerprint density at radius 1 is 0.903 bits per heavy atom. The number of hydrogen-bond donors (Lipinski definition) is 3. The fraction of sp³-hybridized carbons (Fsp3) is 0.0435. The van der Waals surface area contributed by atoms with Crippen LogP contribution in [-0.2, 0) is 11.0 Å². The Balaban J connectivity index is 1.93. The molecule has 0 aromatic heterocycles. The highest BCUT2D eigenvalue weighted by Crippen LogP contribution is 2.38. The van der Waals surface area contributed by atoms with Gasteiger partial charge in [0.15, 0.2) is 0 Å². The normalized spacial score (nSPS) is 11.4. The van der Waals surface area contributed by atoms with Gasteiger partial charge in [0.05, 0.1) is 5.56 Å². The topological polar surface area (TPSA) is 78.4 Å². The molecule has 0 aliphatic rings. The minimum absolute atomic E-state index is 0.00412. The predicted octanol–water partition coefficient (Wildman–Crippen LogP) is 5.14. The molecule has 3 rings (SSSR count). The molecule has 0 aliphatic carbocycles. The molecule has 0 heterocycles. The summed E-state index contributed by atoms with van der Waals surface area (Å²) in [5.41, 5.74) is 1.44. The summed E-state index contributed by atoms with van der Waals surface area (Å²) in [6.45, 7) is 0. The Morgan fingerprint density at radius 2 is 1.58 bits per heavy atom.